The summed E-state index contributed by atoms with van der Waals surface area (Å²) in [5.41, 5.74) is 3.32. The molecule has 0 aliphatic heterocycles. The molecule has 0 fully saturated rings. The van der Waals surface area contributed by atoms with Gasteiger partial charge in [0, 0.05) is 61.2 Å². The molecule has 0 spiro atoms. The molecule has 0 bridgehead atoms. The lowest BCUT2D eigenvalue weighted by Crippen LogP contribution is -2.23. The lowest BCUT2D eigenvalue weighted by Gasteiger charge is -2.23. The van der Waals surface area contributed by atoms with Crippen LogP contribution in [-0.4, -0.2) is 54.0 Å². The first-order valence-electron chi connectivity index (χ1n) is 13.0. The highest BCUT2D eigenvalue weighted by Crippen LogP contribution is 2.34. The highest BCUT2D eigenvalue weighted by Gasteiger charge is 2.21. The maximum absolute atomic E-state index is 15.0. The van der Waals surface area contributed by atoms with Crippen molar-refractivity contribution < 1.29 is 18.8 Å². The Morgan fingerprint density at radius 3 is 2.41 bits per heavy atom. The molecule has 4 rings (SSSR count). The molecule has 214 valence electrons. The number of fused-ring (bicyclic) bond motifs is 1. The summed E-state index contributed by atoms with van der Waals surface area (Å²) in [5, 5.41) is 15.3. The van der Waals surface area contributed by atoms with Gasteiger partial charge < -0.3 is 19.9 Å². The summed E-state index contributed by atoms with van der Waals surface area (Å²) in [6, 6.07) is 13.2. The summed E-state index contributed by atoms with van der Waals surface area (Å²) in [6.07, 6.45) is 0.197. The van der Waals surface area contributed by atoms with Crippen LogP contribution in [0.25, 0.3) is 10.9 Å². The number of halogens is 1. The first kappa shape index (κ1) is 29.2. The van der Waals surface area contributed by atoms with Gasteiger partial charge in [0.05, 0.1) is 30.0 Å². The van der Waals surface area contributed by atoms with Gasteiger partial charge >= 0.3 is 0 Å². The largest absolute Gasteiger partial charge is 0.496 e. The van der Waals surface area contributed by atoms with Crippen LogP contribution < -0.4 is 15.0 Å². The number of hydrogen-bond acceptors (Lipinski definition) is 8. The number of non-ortho nitro benzene ring substituents is 1. The van der Waals surface area contributed by atoms with Gasteiger partial charge in [-0.2, -0.15) is 0 Å². The number of carbonyl (C=O) groups excluding carboxylic acids is 1. The molecule has 10 nitrogen and oxygen atoms in total. The molecule has 0 aliphatic rings. The van der Waals surface area contributed by atoms with Crippen LogP contribution in [-0.2, 0) is 11.2 Å². The smallest absolute Gasteiger partial charge is 0.270 e. The first-order valence-corrected chi connectivity index (χ1v) is 13.0. The number of carbonyl (C=O) groups is 1. The Kier molecular flexibility index (Phi) is 8.36. The standard InChI is InChI=1S/C30H33FN6O4/c1-17-12-23(37(39)40)16-24(29(17)31)18(2)32-30-25-15-22(8-10-26(25)33-19(3)34-30)36(6)21-9-11-27(41-7)20(13-21)14-28(38)35(4)5/h8-13,15-16,18H,14H2,1-7H3,(H,32,33,34)/t18-/m1/s1. The summed E-state index contributed by atoms with van der Waals surface area (Å²) < 4.78 is 20.5. The zero-order valence-electron chi connectivity index (χ0n) is 24.2. The zero-order valence-corrected chi connectivity index (χ0v) is 24.2. The van der Waals surface area contributed by atoms with Crippen molar-refractivity contribution in [2.75, 3.05) is 38.5 Å². The van der Waals surface area contributed by atoms with Gasteiger partial charge in [-0.25, -0.2) is 14.4 Å². The predicted molar refractivity (Wildman–Crippen MR) is 158 cm³/mol. The number of ether oxygens (including phenoxy) is 1. The fourth-order valence-corrected chi connectivity index (χ4v) is 4.61. The SMILES string of the molecule is COc1ccc(N(C)c2ccc3nc(C)nc(N[C@H](C)c4cc([N+](=O)[O-])cc(C)c4F)c3c2)cc1CC(=O)N(C)C. The summed E-state index contributed by atoms with van der Waals surface area (Å²) in [6.45, 7) is 5.00. The molecule has 11 heteroatoms. The van der Waals surface area contributed by atoms with Gasteiger partial charge in [0.25, 0.3) is 5.69 Å². The molecule has 1 N–H and O–H groups in total. The quantitative estimate of drug-likeness (QED) is 0.200. The average Bonchev–Trinajstić information content (AvgIpc) is 2.93. The van der Waals surface area contributed by atoms with Crippen LogP contribution in [0.4, 0.5) is 27.3 Å². The van der Waals surface area contributed by atoms with Gasteiger partial charge in [-0.1, -0.05) is 0 Å². The van der Waals surface area contributed by atoms with Crippen molar-refractivity contribution in [1.82, 2.24) is 14.9 Å². The van der Waals surface area contributed by atoms with Crippen LogP contribution in [0.15, 0.2) is 48.5 Å². The van der Waals surface area contributed by atoms with E-state index in [4.69, 9.17) is 4.74 Å². The van der Waals surface area contributed by atoms with Crippen molar-refractivity contribution in [3.8, 4) is 5.75 Å². The first-order chi connectivity index (χ1) is 19.4. The number of amides is 1. The van der Waals surface area contributed by atoms with Gasteiger partial charge in [0.15, 0.2) is 0 Å². The van der Waals surface area contributed by atoms with Crippen LogP contribution in [0, 0.1) is 29.8 Å². The third-order valence-electron chi connectivity index (χ3n) is 6.97. The Labute approximate surface area is 237 Å². The fraction of sp³-hybridized carbons (Fsp3) is 0.300. The van der Waals surface area contributed by atoms with Gasteiger partial charge in [0.1, 0.15) is 23.2 Å². The Bertz CT molecular complexity index is 1640. The second-order valence-electron chi connectivity index (χ2n) is 10.1. The summed E-state index contributed by atoms with van der Waals surface area (Å²) in [5.74, 6) is 1.08. The normalized spacial score (nSPS) is 11.7. The number of nitro groups is 1. The molecular weight excluding hydrogens is 527 g/mol. The number of likely N-dealkylation sites (N-methyl/N-ethyl adjacent to an activating group) is 1. The minimum atomic E-state index is -0.620. The van der Waals surface area contributed by atoms with E-state index in [0.29, 0.717) is 28.3 Å². The van der Waals surface area contributed by atoms with Crippen molar-refractivity contribution in [1.29, 1.82) is 0 Å². The minimum Gasteiger partial charge on any atom is -0.496 e. The molecule has 1 atom stereocenters. The topological polar surface area (TPSA) is 114 Å². The van der Waals surface area contributed by atoms with Crippen molar-refractivity contribution in [3.63, 3.8) is 0 Å². The van der Waals surface area contributed by atoms with E-state index in [1.807, 2.05) is 48.3 Å². The number of methoxy groups -OCH3 is 1. The predicted octanol–water partition coefficient (Wildman–Crippen LogP) is 5.87. The second-order valence-corrected chi connectivity index (χ2v) is 10.1. The number of nitrogens with one attached hydrogen (secondary N) is 1. The maximum Gasteiger partial charge on any atom is 0.270 e. The third kappa shape index (κ3) is 6.19. The Hall–Kier alpha value is -4.80. The number of rotatable bonds is 9. The lowest BCUT2D eigenvalue weighted by molar-refractivity contribution is -0.385. The number of anilines is 3. The number of nitrogens with zero attached hydrogens (tertiary/aromatic N) is 5. The molecule has 1 aromatic heterocycles. The Balaban J connectivity index is 1.72. The summed E-state index contributed by atoms with van der Waals surface area (Å²) in [4.78, 5) is 35.9. The van der Waals surface area contributed by atoms with Crippen LogP contribution in [0.2, 0.25) is 0 Å². The van der Waals surface area contributed by atoms with Crippen LogP contribution >= 0.6 is 0 Å². The molecule has 4 aromatic rings. The number of nitro benzene ring substituents is 1. The number of aryl methyl sites for hydroxylation is 2. The molecule has 3 aromatic carbocycles. The van der Waals surface area contributed by atoms with E-state index in [2.05, 4.69) is 15.3 Å². The number of aromatic nitrogens is 2. The Morgan fingerprint density at radius 2 is 1.76 bits per heavy atom. The zero-order chi connectivity index (χ0) is 30.0. The third-order valence-corrected chi connectivity index (χ3v) is 6.97. The van der Waals surface area contributed by atoms with Crippen LogP contribution in [0.3, 0.4) is 0 Å². The van der Waals surface area contributed by atoms with Crippen molar-refractivity contribution in [2.45, 2.75) is 33.2 Å². The highest BCUT2D eigenvalue weighted by atomic mass is 19.1. The molecule has 0 saturated carbocycles. The number of hydrogen-bond donors (Lipinski definition) is 1. The van der Waals surface area contributed by atoms with Crippen LogP contribution in [0.5, 0.6) is 5.75 Å². The fourth-order valence-electron chi connectivity index (χ4n) is 4.61. The van der Waals surface area contributed by atoms with Gasteiger partial charge in [0.2, 0.25) is 5.91 Å². The maximum atomic E-state index is 15.0. The van der Waals surface area contributed by atoms with E-state index in [-0.39, 0.29) is 29.1 Å². The second kappa shape index (κ2) is 11.7. The van der Waals surface area contributed by atoms with E-state index >= 15 is 4.39 Å². The van der Waals surface area contributed by atoms with E-state index in [1.54, 1.807) is 35.1 Å². The van der Waals surface area contributed by atoms with E-state index in [9.17, 15) is 14.9 Å². The molecule has 0 saturated heterocycles. The molecule has 1 heterocycles. The van der Waals surface area contributed by atoms with Crippen molar-refractivity contribution >= 4 is 39.7 Å². The molecular formula is C30H33FN6O4. The molecule has 0 aliphatic carbocycles. The van der Waals surface area contributed by atoms with E-state index in [1.165, 1.54) is 24.0 Å². The molecule has 0 radical (unpaired) electrons. The van der Waals surface area contributed by atoms with E-state index in [0.717, 1.165) is 16.9 Å². The van der Waals surface area contributed by atoms with Gasteiger partial charge in [-0.15, -0.1) is 0 Å². The summed E-state index contributed by atoms with van der Waals surface area (Å²) in [7, 11) is 6.91. The van der Waals surface area contributed by atoms with Crippen LogP contribution in [0.1, 0.15) is 35.5 Å². The molecule has 41 heavy (non-hydrogen) atoms. The number of benzene rings is 3. The lowest BCUT2D eigenvalue weighted by atomic mass is 10.0. The Morgan fingerprint density at radius 1 is 1.07 bits per heavy atom. The molecule has 1 amide bonds. The minimum absolute atomic E-state index is 0.0402. The van der Waals surface area contributed by atoms with Gasteiger partial charge in [-0.05, 0) is 62.7 Å². The average molecular weight is 561 g/mol. The van der Waals surface area contributed by atoms with Gasteiger partial charge in [-0.3, -0.25) is 14.9 Å². The molecule has 0 unspecified atom stereocenters. The van der Waals surface area contributed by atoms with Crippen molar-refractivity contribution in [3.05, 3.63) is 87.0 Å². The monoisotopic (exact) mass is 560 g/mol. The van der Waals surface area contributed by atoms with E-state index < -0.39 is 16.8 Å². The van der Waals surface area contributed by atoms with Crippen molar-refractivity contribution in [2.24, 2.45) is 0 Å². The summed E-state index contributed by atoms with van der Waals surface area (Å²) >= 11 is 0. The highest BCUT2D eigenvalue weighted by molar-refractivity contribution is 5.92.